The van der Waals surface area contributed by atoms with Crippen molar-refractivity contribution >= 4 is 17.7 Å². The number of carbonyl (C=O) groups excluding carboxylic acids is 1. The molecule has 0 aromatic carbocycles. The van der Waals surface area contributed by atoms with Crippen molar-refractivity contribution in [2.45, 2.75) is 39.2 Å². The van der Waals surface area contributed by atoms with E-state index in [0.717, 1.165) is 42.9 Å². The zero-order valence-corrected chi connectivity index (χ0v) is 12.7. The van der Waals surface area contributed by atoms with Crippen LogP contribution in [0.15, 0.2) is 0 Å². The van der Waals surface area contributed by atoms with Gasteiger partial charge in [0.25, 0.3) is 0 Å². The summed E-state index contributed by atoms with van der Waals surface area (Å²) in [6.45, 7) is 4.70. The molecule has 110 valence electrons. The molecule has 20 heavy (non-hydrogen) atoms. The zero-order chi connectivity index (χ0) is 14.7. The first-order valence-corrected chi connectivity index (χ1v) is 7.06. The van der Waals surface area contributed by atoms with E-state index in [1.165, 1.54) is 0 Å². The molecule has 0 spiro atoms. The Balaban J connectivity index is 2.25. The van der Waals surface area contributed by atoms with Gasteiger partial charge in [0, 0.05) is 31.9 Å². The Hall–Kier alpha value is -1.85. The molecule has 0 saturated carbocycles. The van der Waals surface area contributed by atoms with Gasteiger partial charge in [0.1, 0.15) is 11.9 Å². The van der Waals surface area contributed by atoms with Gasteiger partial charge < -0.3 is 15.5 Å². The van der Waals surface area contributed by atoms with Gasteiger partial charge in [-0.2, -0.15) is 4.98 Å². The highest BCUT2D eigenvalue weighted by atomic mass is 16.2. The van der Waals surface area contributed by atoms with Crippen LogP contribution in [0.25, 0.3) is 0 Å². The third-order valence-corrected chi connectivity index (χ3v) is 3.62. The van der Waals surface area contributed by atoms with Crippen LogP contribution in [0.5, 0.6) is 0 Å². The lowest BCUT2D eigenvalue weighted by Gasteiger charge is -2.20. The number of nitrogens with one attached hydrogen (secondary N) is 2. The lowest BCUT2D eigenvalue weighted by molar-refractivity contribution is -0.121. The van der Waals surface area contributed by atoms with Gasteiger partial charge in [-0.1, -0.05) is 0 Å². The van der Waals surface area contributed by atoms with Gasteiger partial charge in [-0.3, -0.25) is 4.79 Å². The normalized spacial score (nSPS) is 19.2. The summed E-state index contributed by atoms with van der Waals surface area (Å²) < 4.78 is 0. The lowest BCUT2D eigenvalue weighted by atomic mass is 10.1. The Morgan fingerprint density at radius 1 is 1.25 bits per heavy atom. The molecule has 6 heteroatoms. The largest absolute Gasteiger partial charge is 0.358 e. The summed E-state index contributed by atoms with van der Waals surface area (Å²) >= 11 is 0. The van der Waals surface area contributed by atoms with Crippen molar-refractivity contribution < 1.29 is 4.79 Å². The number of nitrogens with zero attached hydrogens (tertiary/aromatic N) is 3. The fraction of sp³-hybridized carbons (Fsp3) is 0.643. The Kier molecular flexibility index (Phi) is 4.42. The SMILES string of the molecule is Cc1nc(N(C)C)nc(NC2CCCCNC2=O)c1C. The average Bonchev–Trinajstić information content (AvgIpc) is 2.60. The topological polar surface area (TPSA) is 70.2 Å². The van der Waals surface area contributed by atoms with Crippen molar-refractivity contribution in [1.82, 2.24) is 15.3 Å². The molecule has 1 atom stereocenters. The van der Waals surface area contributed by atoms with E-state index >= 15 is 0 Å². The zero-order valence-electron chi connectivity index (χ0n) is 12.7. The van der Waals surface area contributed by atoms with E-state index in [-0.39, 0.29) is 11.9 Å². The number of hydrogen-bond donors (Lipinski definition) is 2. The van der Waals surface area contributed by atoms with Gasteiger partial charge >= 0.3 is 0 Å². The first-order valence-electron chi connectivity index (χ1n) is 7.06. The molecule has 0 aliphatic carbocycles. The average molecular weight is 277 g/mol. The second-order valence-corrected chi connectivity index (χ2v) is 5.46. The van der Waals surface area contributed by atoms with Crippen LogP contribution in [0.3, 0.4) is 0 Å². The first-order chi connectivity index (χ1) is 9.49. The van der Waals surface area contributed by atoms with Crippen molar-refractivity contribution in [3.8, 4) is 0 Å². The van der Waals surface area contributed by atoms with Crippen LogP contribution in [0.1, 0.15) is 30.5 Å². The number of aromatic nitrogens is 2. The third-order valence-electron chi connectivity index (χ3n) is 3.62. The van der Waals surface area contributed by atoms with Crippen molar-refractivity contribution in [2.24, 2.45) is 0 Å². The Labute approximate surface area is 120 Å². The smallest absolute Gasteiger partial charge is 0.242 e. The van der Waals surface area contributed by atoms with Crippen molar-refractivity contribution in [3.05, 3.63) is 11.3 Å². The molecule has 2 rings (SSSR count). The molecule has 2 heterocycles. The summed E-state index contributed by atoms with van der Waals surface area (Å²) in [5.74, 6) is 1.47. The quantitative estimate of drug-likeness (QED) is 0.870. The van der Waals surface area contributed by atoms with Crippen LogP contribution in [-0.4, -0.2) is 42.6 Å². The minimum Gasteiger partial charge on any atom is -0.358 e. The highest BCUT2D eigenvalue weighted by molar-refractivity contribution is 5.84. The number of aryl methyl sites for hydroxylation is 1. The van der Waals surface area contributed by atoms with E-state index in [4.69, 9.17) is 0 Å². The molecule has 0 bridgehead atoms. The molecular weight excluding hydrogens is 254 g/mol. The van der Waals surface area contributed by atoms with E-state index in [0.29, 0.717) is 5.95 Å². The summed E-state index contributed by atoms with van der Waals surface area (Å²) in [5, 5.41) is 6.22. The van der Waals surface area contributed by atoms with Gasteiger partial charge in [0.2, 0.25) is 11.9 Å². The van der Waals surface area contributed by atoms with Crippen LogP contribution in [0.4, 0.5) is 11.8 Å². The first kappa shape index (κ1) is 14.6. The molecule has 2 N–H and O–H groups in total. The fourth-order valence-corrected chi connectivity index (χ4v) is 2.20. The molecule has 6 nitrogen and oxygen atoms in total. The third kappa shape index (κ3) is 3.18. The van der Waals surface area contributed by atoms with E-state index < -0.39 is 0 Å². The summed E-state index contributed by atoms with van der Waals surface area (Å²) in [6, 6.07) is -0.208. The summed E-state index contributed by atoms with van der Waals surface area (Å²) in [5.41, 5.74) is 1.92. The van der Waals surface area contributed by atoms with Gasteiger partial charge in [-0.05, 0) is 33.1 Å². The number of hydrogen-bond acceptors (Lipinski definition) is 5. The molecule has 1 saturated heterocycles. The van der Waals surface area contributed by atoms with Crippen LogP contribution >= 0.6 is 0 Å². The van der Waals surface area contributed by atoms with Crippen molar-refractivity contribution in [2.75, 3.05) is 30.9 Å². The van der Waals surface area contributed by atoms with Gasteiger partial charge in [-0.15, -0.1) is 0 Å². The summed E-state index contributed by atoms with van der Waals surface area (Å²) in [7, 11) is 3.82. The predicted octanol–water partition coefficient (Wildman–Crippen LogP) is 1.24. The Morgan fingerprint density at radius 3 is 2.70 bits per heavy atom. The Bertz CT molecular complexity index is 501. The summed E-state index contributed by atoms with van der Waals surface area (Å²) in [4.78, 5) is 22.8. The molecule has 1 unspecified atom stereocenters. The van der Waals surface area contributed by atoms with Crippen LogP contribution in [-0.2, 0) is 4.79 Å². The van der Waals surface area contributed by atoms with Gasteiger partial charge in [-0.25, -0.2) is 4.98 Å². The summed E-state index contributed by atoms with van der Waals surface area (Å²) in [6.07, 6.45) is 2.92. The highest BCUT2D eigenvalue weighted by Gasteiger charge is 2.22. The minimum absolute atomic E-state index is 0.0598. The minimum atomic E-state index is -0.208. The van der Waals surface area contributed by atoms with Crippen LogP contribution < -0.4 is 15.5 Å². The lowest BCUT2D eigenvalue weighted by Crippen LogP contribution is -2.38. The Morgan fingerprint density at radius 2 is 2.00 bits per heavy atom. The van der Waals surface area contributed by atoms with E-state index in [1.54, 1.807) is 0 Å². The predicted molar refractivity (Wildman–Crippen MR) is 80.1 cm³/mol. The maximum absolute atomic E-state index is 12.0. The van der Waals surface area contributed by atoms with E-state index in [1.807, 2.05) is 32.8 Å². The molecule has 1 amide bonds. The molecule has 1 aliphatic heterocycles. The van der Waals surface area contributed by atoms with E-state index in [2.05, 4.69) is 20.6 Å². The highest BCUT2D eigenvalue weighted by Crippen LogP contribution is 2.20. The van der Waals surface area contributed by atoms with E-state index in [9.17, 15) is 4.79 Å². The number of rotatable bonds is 3. The number of anilines is 2. The van der Waals surface area contributed by atoms with Crippen molar-refractivity contribution in [3.63, 3.8) is 0 Å². The van der Waals surface area contributed by atoms with Crippen LogP contribution in [0, 0.1) is 13.8 Å². The molecule has 1 aromatic heterocycles. The molecule has 1 aromatic rings. The second kappa shape index (κ2) is 6.07. The number of amides is 1. The second-order valence-electron chi connectivity index (χ2n) is 5.46. The molecule has 1 aliphatic rings. The number of carbonyl (C=O) groups is 1. The monoisotopic (exact) mass is 277 g/mol. The van der Waals surface area contributed by atoms with Crippen molar-refractivity contribution in [1.29, 1.82) is 0 Å². The fourth-order valence-electron chi connectivity index (χ4n) is 2.20. The van der Waals surface area contributed by atoms with Gasteiger partial charge in [0.15, 0.2) is 0 Å². The maximum atomic E-state index is 12.0. The standard InChI is InChI=1S/C14H23N5O/c1-9-10(2)16-14(19(3)4)18-12(9)17-11-7-5-6-8-15-13(11)20/h11H,5-8H2,1-4H3,(H,15,20)(H,16,17,18). The van der Waals surface area contributed by atoms with Gasteiger partial charge in [0.05, 0.1) is 0 Å². The maximum Gasteiger partial charge on any atom is 0.242 e. The van der Waals surface area contributed by atoms with Crippen LogP contribution in [0.2, 0.25) is 0 Å². The molecule has 0 radical (unpaired) electrons. The molecular formula is C14H23N5O. The molecule has 1 fully saturated rings.